The van der Waals surface area contributed by atoms with Crippen LogP contribution >= 0.6 is 12.4 Å². The lowest BCUT2D eigenvalue weighted by atomic mass is 10.0. The highest BCUT2D eigenvalue weighted by molar-refractivity contribution is 5.85. The smallest absolute Gasteiger partial charge is 0.0292 e. The van der Waals surface area contributed by atoms with E-state index in [-0.39, 0.29) is 18.4 Å². The summed E-state index contributed by atoms with van der Waals surface area (Å²) in [4.78, 5) is 0. The molecule has 0 aliphatic heterocycles. The van der Waals surface area contributed by atoms with Crippen molar-refractivity contribution in [2.24, 2.45) is 5.73 Å². The molecule has 1 aromatic rings. The van der Waals surface area contributed by atoms with Crippen molar-refractivity contribution in [3.63, 3.8) is 0 Å². The largest absolute Gasteiger partial charge is 0.324 e. The standard InChI is InChI=1S/C11H17N.ClH/c1-4-11(12)10-6-8(2)5-9(3)7-10;/h5-7,11H,4,12H2,1-3H3;1H/t11-;/m1./s1. The molecule has 0 bridgehead atoms. The highest BCUT2D eigenvalue weighted by Gasteiger charge is 2.03. The van der Waals surface area contributed by atoms with Crippen molar-refractivity contribution in [2.75, 3.05) is 0 Å². The molecule has 13 heavy (non-hydrogen) atoms. The molecule has 1 atom stereocenters. The number of aryl methyl sites for hydroxylation is 2. The van der Waals surface area contributed by atoms with Crippen molar-refractivity contribution in [1.82, 2.24) is 0 Å². The molecular weight excluding hydrogens is 182 g/mol. The van der Waals surface area contributed by atoms with Crippen LogP contribution in [0, 0.1) is 13.8 Å². The fraction of sp³-hybridized carbons (Fsp3) is 0.455. The monoisotopic (exact) mass is 199 g/mol. The van der Waals surface area contributed by atoms with Crippen LogP contribution in [0.25, 0.3) is 0 Å². The van der Waals surface area contributed by atoms with Gasteiger partial charge < -0.3 is 5.73 Å². The Bertz CT molecular complexity index is 251. The Morgan fingerprint density at radius 3 is 2.00 bits per heavy atom. The molecule has 0 radical (unpaired) electrons. The summed E-state index contributed by atoms with van der Waals surface area (Å²) in [5.74, 6) is 0. The van der Waals surface area contributed by atoms with E-state index in [0.717, 1.165) is 6.42 Å². The maximum absolute atomic E-state index is 5.93. The van der Waals surface area contributed by atoms with Gasteiger partial charge in [-0.15, -0.1) is 12.4 Å². The van der Waals surface area contributed by atoms with Gasteiger partial charge in [-0.05, 0) is 25.8 Å². The number of nitrogens with two attached hydrogens (primary N) is 1. The van der Waals surface area contributed by atoms with Crippen LogP contribution < -0.4 is 5.73 Å². The van der Waals surface area contributed by atoms with Gasteiger partial charge in [0, 0.05) is 6.04 Å². The van der Waals surface area contributed by atoms with E-state index < -0.39 is 0 Å². The summed E-state index contributed by atoms with van der Waals surface area (Å²) in [5.41, 5.74) is 9.79. The minimum Gasteiger partial charge on any atom is -0.324 e. The van der Waals surface area contributed by atoms with Gasteiger partial charge in [0.15, 0.2) is 0 Å². The first-order valence-corrected chi connectivity index (χ1v) is 4.47. The molecule has 1 rings (SSSR count). The normalized spacial score (nSPS) is 12.0. The third-order valence-corrected chi connectivity index (χ3v) is 2.11. The molecule has 0 amide bonds. The van der Waals surface area contributed by atoms with E-state index in [0.29, 0.717) is 0 Å². The second kappa shape index (κ2) is 5.25. The average Bonchev–Trinajstić information content (AvgIpc) is 2.01. The zero-order valence-corrected chi connectivity index (χ0v) is 9.32. The van der Waals surface area contributed by atoms with Gasteiger partial charge in [-0.1, -0.05) is 36.2 Å². The van der Waals surface area contributed by atoms with Gasteiger partial charge in [-0.3, -0.25) is 0 Å². The molecule has 1 aromatic carbocycles. The predicted octanol–water partition coefficient (Wildman–Crippen LogP) is 3.14. The Balaban J connectivity index is 0.00000144. The van der Waals surface area contributed by atoms with Gasteiger partial charge in [0.25, 0.3) is 0 Å². The van der Waals surface area contributed by atoms with Gasteiger partial charge in [0.2, 0.25) is 0 Å². The highest BCUT2D eigenvalue weighted by atomic mass is 35.5. The van der Waals surface area contributed by atoms with E-state index in [1.165, 1.54) is 16.7 Å². The molecule has 0 aromatic heterocycles. The molecule has 0 heterocycles. The minimum atomic E-state index is 0. The quantitative estimate of drug-likeness (QED) is 0.778. The van der Waals surface area contributed by atoms with E-state index in [9.17, 15) is 0 Å². The summed E-state index contributed by atoms with van der Waals surface area (Å²) in [5, 5.41) is 0. The number of rotatable bonds is 2. The van der Waals surface area contributed by atoms with Crippen LogP contribution in [-0.2, 0) is 0 Å². The third-order valence-electron chi connectivity index (χ3n) is 2.11. The van der Waals surface area contributed by atoms with Crippen molar-refractivity contribution in [2.45, 2.75) is 33.2 Å². The van der Waals surface area contributed by atoms with Crippen LogP contribution in [0.1, 0.15) is 36.1 Å². The Labute approximate surface area is 86.7 Å². The SMILES string of the molecule is CC[C@@H](N)c1cc(C)cc(C)c1.Cl. The zero-order chi connectivity index (χ0) is 9.14. The van der Waals surface area contributed by atoms with Crippen molar-refractivity contribution < 1.29 is 0 Å². The number of benzene rings is 1. The summed E-state index contributed by atoms with van der Waals surface area (Å²) in [6, 6.07) is 6.71. The maximum Gasteiger partial charge on any atom is 0.0292 e. The Morgan fingerprint density at radius 1 is 1.15 bits per heavy atom. The second-order valence-electron chi connectivity index (χ2n) is 3.44. The summed E-state index contributed by atoms with van der Waals surface area (Å²) in [6.07, 6.45) is 1.00. The van der Waals surface area contributed by atoms with Gasteiger partial charge in [-0.2, -0.15) is 0 Å². The number of halogens is 1. The molecule has 0 unspecified atom stereocenters. The first-order valence-electron chi connectivity index (χ1n) is 4.47. The molecule has 2 heteroatoms. The van der Waals surface area contributed by atoms with E-state index in [4.69, 9.17) is 5.73 Å². The number of hydrogen-bond acceptors (Lipinski definition) is 1. The fourth-order valence-electron chi connectivity index (χ4n) is 1.46. The number of hydrogen-bond donors (Lipinski definition) is 1. The van der Waals surface area contributed by atoms with Crippen molar-refractivity contribution >= 4 is 12.4 Å². The lowest BCUT2D eigenvalue weighted by Gasteiger charge is -2.10. The first kappa shape index (κ1) is 12.5. The topological polar surface area (TPSA) is 26.0 Å². The summed E-state index contributed by atoms with van der Waals surface area (Å²) >= 11 is 0. The van der Waals surface area contributed by atoms with E-state index >= 15 is 0 Å². The van der Waals surface area contributed by atoms with E-state index in [2.05, 4.69) is 39.0 Å². The highest BCUT2D eigenvalue weighted by Crippen LogP contribution is 2.16. The summed E-state index contributed by atoms with van der Waals surface area (Å²) in [6.45, 7) is 6.33. The van der Waals surface area contributed by atoms with Gasteiger partial charge in [0.05, 0.1) is 0 Å². The molecule has 0 spiro atoms. The van der Waals surface area contributed by atoms with Crippen LogP contribution in [0.15, 0.2) is 18.2 Å². The first-order chi connectivity index (χ1) is 5.63. The molecule has 2 N–H and O–H groups in total. The molecule has 1 nitrogen and oxygen atoms in total. The van der Waals surface area contributed by atoms with Gasteiger partial charge >= 0.3 is 0 Å². The van der Waals surface area contributed by atoms with Crippen LogP contribution in [0.5, 0.6) is 0 Å². The Morgan fingerprint density at radius 2 is 1.62 bits per heavy atom. The molecular formula is C11H18ClN. The van der Waals surface area contributed by atoms with Crippen LogP contribution in [0.3, 0.4) is 0 Å². The predicted molar refractivity (Wildman–Crippen MR) is 60.4 cm³/mol. The average molecular weight is 200 g/mol. The van der Waals surface area contributed by atoms with Gasteiger partial charge in [-0.25, -0.2) is 0 Å². The van der Waals surface area contributed by atoms with Crippen molar-refractivity contribution in [3.8, 4) is 0 Å². The maximum atomic E-state index is 5.93. The molecule has 0 aliphatic rings. The van der Waals surface area contributed by atoms with Crippen LogP contribution in [-0.4, -0.2) is 0 Å². The van der Waals surface area contributed by atoms with Crippen molar-refractivity contribution in [3.05, 3.63) is 34.9 Å². The summed E-state index contributed by atoms with van der Waals surface area (Å²) in [7, 11) is 0. The molecule has 0 aliphatic carbocycles. The lowest BCUT2D eigenvalue weighted by Crippen LogP contribution is -2.08. The van der Waals surface area contributed by atoms with Gasteiger partial charge in [0.1, 0.15) is 0 Å². The fourth-order valence-corrected chi connectivity index (χ4v) is 1.46. The molecule has 74 valence electrons. The molecule has 0 saturated heterocycles. The zero-order valence-electron chi connectivity index (χ0n) is 8.50. The summed E-state index contributed by atoms with van der Waals surface area (Å²) < 4.78 is 0. The lowest BCUT2D eigenvalue weighted by molar-refractivity contribution is 0.697. The Kier molecular flexibility index (Phi) is 5.04. The van der Waals surface area contributed by atoms with Crippen LogP contribution in [0.4, 0.5) is 0 Å². The Hall–Kier alpha value is -0.530. The molecule has 0 fully saturated rings. The third kappa shape index (κ3) is 3.37. The van der Waals surface area contributed by atoms with E-state index in [1.54, 1.807) is 0 Å². The van der Waals surface area contributed by atoms with E-state index in [1.807, 2.05) is 0 Å². The second-order valence-corrected chi connectivity index (χ2v) is 3.44. The molecule has 0 saturated carbocycles. The minimum absolute atomic E-state index is 0. The van der Waals surface area contributed by atoms with Crippen LogP contribution in [0.2, 0.25) is 0 Å². The van der Waals surface area contributed by atoms with Crippen molar-refractivity contribution in [1.29, 1.82) is 0 Å².